The molecule has 0 atom stereocenters. The molecule has 0 spiro atoms. The van der Waals surface area contributed by atoms with Crippen LogP contribution in [-0.2, 0) is 17.9 Å². The van der Waals surface area contributed by atoms with Gasteiger partial charge < -0.3 is 4.74 Å². The zero-order chi connectivity index (χ0) is 22.7. The highest BCUT2D eigenvalue weighted by Gasteiger charge is 2.32. The Bertz CT molecular complexity index is 1190. The molecular formula is C25H19BrClNO2S2. The Kier molecular flexibility index (Phi) is 7.36. The van der Waals surface area contributed by atoms with Gasteiger partial charge in [-0.25, -0.2) is 0 Å². The van der Waals surface area contributed by atoms with Crippen molar-refractivity contribution in [3.05, 3.63) is 103 Å². The zero-order valence-electron chi connectivity index (χ0n) is 17.2. The fourth-order valence-corrected chi connectivity index (χ4v) is 4.89. The molecule has 0 bridgehead atoms. The number of carbonyl (C=O) groups excluding carboxylic acids is 1. The van der Waals surface area contributed by atoms with Crippen molar-refractivity contribution >= 4 is 67.8 Å². The van der Waals surface area contributed by atoms with E-state index in [-0.39, 0.29) is 5.91 Å². The van der Waals surface area contributed by atoms with Crippen molar-refractivity contribution in [3.63, 3.8) is 0 Å². The van der Waals surface area contributed by atoms with Gasteiger partial charge in [0, 0.05) is 4.47 Å². The minimum absolute atomic E-state index is 0.0905. The van der Waals surface area contributed by atoms with Crippen LogP contribution in [0.1, 0.15) is 22.3 Å². The maximum atomic E-state index is 12.9. The molecular weight excluding hydrogens is 526 g/mol. The van der Waals surface area contributed by atoms with Gasteiger partial charge in [0.15, 0.2) is 0 Å². The fourth-order valence-electron chi connectivity index (χ4n) is 3.13. The van der Waals surface area contributed by atoms with Crippen LogP contribution in [0, 0.1) is 6.92 Å². The zero-order valence-corrected chi connectivity index (χ0v) is 21.2. The quantitative estimate of drug-likeness (QED) is 0.239. The fraction of sp³-hybridized carbons (Fsp3) is 0.120. The van der Waals surface area contributed by atoms with Gasteiger partial charge in [-0.05, 0) is 54.0 Å². The Labute approximate surface area is 210 Å². The van der Waals surface area contributed by atoms with Crippen LogP contribution in [0.5, 0.6) is 5.75 Å². The maximum Gasteiger partial charge on any atom is 0.266 e. The van der Waals surface area contributed by atoms with Crippen LogP contribution in [0.15, 0.2) is 76.1 Å². The second-order valence-corrected chi connectivity index (χ2v) is 10.4. The summed E-state index contributed by atoms with van der Waals surface area (Å²) in [5.74, 6) is 0.505. The van der Waals surface area contributed by atoms with Crippen molar-refractivity contribution in [3.8, 4) is 5.75 Å². The number of benzene rings is 3. The van der Waals surface area contributed by atoms with E-state index in [2.05, 4.69) is 15.9 Å². The second-order valence-electron chi connectivity index (χ2n) is 7.36. The average molecular weight is 545 g/mol. The first-order valence-corrected chi connectivity index (χ1v) is 12.3. The highest BCUT2D eigenvalue weighted by Crippen LogP contribution is 2.35. The minimum Gasteiger partial charge on any atom is -0.487 e. The predicted molar refractivity (Wildman–Crippen MR) is 140 cm³/mol. The summed E-state index contributed by atoms with van der Waals surface area (Å²) in [6.45, 7) is 2.92. The van der Waals surface area contributed by atoms with Crippen LogP contribution in [-0.4, -0.2) is 15.1 Å². The van der Waals surface area contributed by atoms with Crippen LogP contribution in [0.25, 0.3) is 6.08 Å². The lowest BCUT2D eigenvalue weighted by Gasteiger charge is -2.14. The third kappa shape index (κ3) is 5.62. The monoisotopic (exact) mass is 543 g/mol. The highest BCUT2D eigenvalue weighted by atomic mass is 79.9. The van der Waals surface area contributed by atoms with Crippen molar-refractivity contribution in [2.45, 2.75) is 20.1 Å². The number of aryl methyl sites for hydroxylation is 1. The number of amides is 1. The summed E-state index contributed by atoms with van der Waals surface area (Å²) in [6, 6.07) is 21.5. The van der Waals surface area contributed by atoms with Gasteiger partial charge >= 0.3 is 0 Å². The van der Waals surface area contributed by atoms with E-state index >= 15 is 0 Å². The number of carbonyl (C=O) groups is 1. The van der Waals surface area contributed by atoms with E-state index in [0.29, 0.717) is 33.1 Å². The van der Waals surface area contributed by atoms with E-state index in [1.54, 1.807) is 11.0 Å². The number of rotatable bonds is 6. The van der Waals surface area contributed by atoms with E-state index in [9.17, 15) is 4.79 Å². The molecule has 0 aromatic heterocycles. The van der Waals surface area contributed by atoms with E-state index in [1.807, 2.05) is 73.7 Å². The third-order valence-electron chi connectivity index (χ3n) is 4.90. The summed E-state index contributed by atoms with van der Waals surface area (Å²) in [4.78, 5) is 15.1. The van der Waals surface area contributed by atoms with Crippen molar-refractivity contribution in [2.24, 2.45) is 0 Å². The molecule has 0 aliphatic carbocycles. The summed E-state index contributed by atoms with van der Waals surface area (Å²) in [7, 11) is 0. The van der Waals surface area contributed by atoms with Gasteiger partial charge in [-0.2, -0.15) is 0 Å². The molecule has 0 N–H and O–H groups in total. The van der Waals surface area contributed by atoms with Gasteiger partial charge in [-0.1, -0.05) is 99.5 Å². The summed E-state index contributed by atoms with van der Waals surface area (Å²) in [5, 5.41) is 0.492. The number of hydrogen-bond donors (Lipinski definition) is 0. The SMILES string of the molecule is Cc1ccc(CN2C(=O)C(=Cc3ccc(OCc4ccc(Br)cc4)c(Cl)c3)SC2=S)cc1. The van der Waals surface area contributed by atoms with Gasteiger partial charge in [0.25, 0.3) is 5.91 Å². The molecule has 4 rings (SSSR count). The van der Waals surface area contributed by atoms with Crippen LogP contribution in [0.4, 0.5) is 0 Å². The Hall–Kier alpha value is -2.12. The molecule has 1 aliphatic heterocycles. The normalized spacial score (nSPS) is 15.0. The smallest absolute Gasteiger partial charge is 0.266 e. The van der Waals surface area contributed by atoms with Gasteiger partial charge in [-0.15, -0.1) is 0 Å². The molecule has 32 heavy (non-hydrogen) atoms. The molecule has 0 unspecified atom stereocenters. The Morgan fingerprint density at radius 3 is 2.44 bits per heavy atom. The first-order chi connectivity index (χ1) is 15.4. The largest absolute Gasteiger partial charge is 0.487 e. The van der Waals surface area contributed by atoms with Crippen molar-refractivity contribution in [2.75, 3.05) is 0 Å². The van der Waals surface area contributed by atoms with Crippen LogP contribution in [0.2, 0.25) is 5.02 Å². The number of halogens is 2. The molecule has 162 valence electrons. The van der Waals surface area contributed by atoms with E-state index < -0.39 is 0 Å². The first kappa shape index (κ1) is 23.1. The molecule has 7 heteroatoms. The lowest BCUT2D eigenvalue weighted by atomic mass is 10.1. The topological polar surface area (TPSA) is 29.5 Å². The minimum atomic E-state index is -0.0905. The Balaban J connectivity index is 1.44. The third-order valence-corrected chi connectivity index (χ3v) is 7.10. The summed E-state index contributed by atoms with van der Waals surface area (Å²) < 4.78 is 7.43. The van der Waals surface area contributed by atoms with Crippen LogP contribution in [0.3, 0.4) is 0 Å². The molecule has 3 nitrogen and oxygen atoms in total. The number of thiocarbonyl (C=S) groups is 1. The Morgan fingerprint density at radius 2 is 1.75 bits per heavy atom. The number of nitrogens with zero attached hydrogens (tertiary/aromatic N) is 1. The molecule has 3 aromatic carbocycles. The summed E-state index contributed by atoms with van der Waals surface area (Å²) in [5.41, 5.74) is 4.09. The van der Waals surface area contributed by atoms with E-state index in [4.69, 9.17) is 28.6 Å². The van der Waals surface area contributed by atoms with E-state index in [0.717, 1.165) is 21.2 Å². The van der Waals surface area contributed by atoms with Crippen LogP contribution < -0.4 is 4.74 Å². The molecule has 0 radical (unpaired) electrons. The van der Waals surface area contributed by atoms with Crippen LogP contribution >= 0.6 is 51.5 Å². The number of ether oxygens (including phenoxy) is 1. The molecule has 1 saturated heterocycles. The van der Waals surface area contributed by atoms with Gasteiger partial charge in [0.1, 0.15) is 16.7 Å². The van der Waals surface area contributed by atoms with Gasteiger partial charge in [-0.3, -0.25) is 9.69 Å². The lowest BCUT2D eigenvalue weighted by molar-refractivity contribution is -0.122. The maximum absolute atomic E-state index is 12.9. The van der Waals surface area contributed by atoms with Crippen molar-refractivity contribution < 1.29 is 9.53 Å². The number of hydrogen-bond acceptors (Lipinski definition) is 4. The molecule has 1 fully saturated rings. The predicted octanol–water partition coefficient (Wildman–Crippen LogP) is 7.39. The molecule has 0 saturated carbocycles. The standard InChI is InChI=1S/C25H19BrClNO2S2/c1-16-2-4-17(5-3-16)14-28-24(29)23(32-25(28)31)13-19-8-11-22(21(27)12-19)30-15-18-6-9-20(26)10-7-18/h2-13H,14-15H2,1H3. The van der Waals surface area contributed by atoms with E-state index in [1.165, 1.54) is 17.3 Å². The van der Waals surface area contributed by atoms with Gasteiger partial charge in [0.05, 0.1) is 16.5 Å². The molecule has 1 amide bonds. The highest BCUT2D eigenvalue weighted by molar-refractivity contribution is 9.10. The first-order valence-electron chi connectivity index (χ1n) is 9.87. The summed E-state index contributed by atoms with van der Waals surface area (Å²) in [6.07, 6.45) is 1.82. The lowest BCUT2D eigenvalue weighted by Crippen LogP contribution is -2.27. The molecule has 3 aromatic rings. The Morgan fingerprint density at radius 1 is 1.06 bits per heavy atom. The van der Waals surface area contributed by atoms with Crippen molar-refractivity contribution in [1.82, 2.24) is 4.90 Å². The van der Waals surface area contributed by atoms with Crippen molar-refractivity contribution in [1.29, 1.82) is 0 Å². The summed E-state index contributed by atoms with van der Waals surface area (Å²) >= 11 is 16.6. The molecule has 1 aliphatic rings. The number of thioether (sulfide) groups is 1. The molecule has 1 heterocycles. The van der Waals surface area contributed by atoms with Gasteiger partial charge in [0.2, 0.25) is 0 Å². The average Bonchev–Trinajstić information content (AvgIpc) is 3.03. The second kappa shape index (κ2) is 10.2.